The number of Topliss-reactive ketones (excluding diaryl/α,β-unsaturated/α-hetero) is 1. The first-order chi connectivity index (χ1) is 10.2. The molecule has 2 bridgehead atoms. The minimum atomic E-state index is 0.362. The Labute approximate surface area is 132 Å². The largest absolute Gasteiger partial charge is 0.363 e. The second-order valence-electron chi connectivity index (χ2n) is 6.10. The van der Waals surface area contributed by atoms with E-state index in [1.807, 2.05) is 6.20 Å². The number of anilines is 1. The standard InChI is InChI=1S/C17H17BrN2O/c18-12-7-11-3-1-6-16(17(11)19-10-12)20-13-4-2-5-14(20)9-15(21)8-13/h1,3,6-7,10,13-14H,2,4-5,8-9H2. The van der Waals surface area contributed by atoms with Crippen molar-refractivity contribution < 1.29 is 4.79 Å². The number of benzene rings is 1. The molecule has 21 heavy (non-hydrogen) atoms. The van der Waals surface area contributed by atoms with Crippen molar-refractivity contribution in [2.45, 2.75) is 44.2 Å². The lowest BCUT2D eigenvalue weighted by molar-refractivity contribution is -0.121. The second kappa shape index (κ2) is 5.09. The number of aromatic nitrogens is 1. The number of piperidine rings is 2. The number of carbonyl (C=O) groups excluding carboxylic acids is 1. The first-order valence-corrected chi connectivity index (χ1v) is 8.36. The maximum Gasteiger partial charge on any atom is 0.137 e. The predicted molar refractivity (Wildman–Crippen MR) is 87.6 cm³/mol. The number of hydrogen-bond acceptors (Lipinski definition) is 3. The number of fused-ring (bicyclic) bond motifs is 3. The Morgan fingerprint density at radius 3 is 2.71 bits per heavy atom. The molecule has 2 aliphatic rings. The second-order valence-corrected chi connectivity index (χ2v) is 7.01. The van der Waals surface area contributed by atoms with Gasteiger partial charge in [-0.2, -0.15) is 0 Å². The Morgan fingerprint density at radius 1 is 1.19 bits per heavy atom. The van der Waals surface area contributed by atoms with Gasteiger partial charge in [-0.05, 0) is 47.3 Å². The van der Waals surface area contributed by atoms with Gasteiger partial charge in [0.25, 0.3) is 0 Å². The lowest BCUT2D eigenvalue weighted by Crippen LogP contribution is -2.52. The van der Waals surface area contributed by atoms with Crippen molar-refractivity contribution in [1.29, 1.82) is 0 Å². The molecule has 2 atom stereocenters. The third-order valence-electron chi connectivity index (χ3n) is 4.72. The summed E-state index contributed by atoms with van der Waals surface area (Å²) in [6.45, 7) is 0. The van der Waals surface area contributed by atoms with Crippen LogP contribution < -0.4 is 4.90 Å². The molecule has 3 heterocycles. The summed E-state index contributed by atoms with van der Waals surface area (Å²) in [7, 11) is 0. The summed E-state index contributed by atoms with van der Waals surface area (Å²) in [4.78, 5) is 19.0. The quantitative estimate of drug-likeness (QED) is 0.781. The van der Waals surface area contributed by atoms with Crippen LogP contribution in [0, 0.1) is 0 Å². The van der Waals surface area contributed by atoms with E-state index in [2.05, 4.69) is 50.1 Å². The zero-order valence-electron chi connectivity index (χ0n) is 11.8. The number of para-hydroxylation sites is 1. The van der Waals surface area contributed by atoms with E-state index in [9.17, 15) is 4.79 Å². The third kappa shape index (κ3) is 2.26. The van der Waals surface area contributed by atoms with Gasteiger partial charge >= 0.3 is 0 Å². The summed E-state index contributed by atoms with van der Waals surface area (Å²) in [5.41, 5.74) is 2.24. The predicted octanol–water partition coefficient (Wildman–Crippen LogP) is 4.09. The van der Waals surface area contributed by atoms with Crippen molar-refractivity contribution in [3.8, 4) is 0 Å². The molecule has 4 rings (SSSR count). The lowest BCUT2D eigenvalue weighted by Gasteiger charge is -2.47. The van der Waals surface area contributed by atoms with Gasteiger partial charge in [0, 0.05) is 41.0 Å². The summed E-state index contributed by atoms with van der Waals surface area (Å²) in [5.74, 6) is 0.428. The van der Waals surface area contributed by atoms with Crippen molar-refractivity contribution in [2.24, 2.45) is 0 Å². The molecular weight excluding hydrogens is 328 g/mol. The molecule has 1 aromatic carbocycles. The van der Waals surface area contributed by atoms with Gasteiger partial charge < -0.3 is 4.90 Å². The van der Waals surface area contributed by atoms with Crippen molar-refractivity contribution in [1.82, 2.24) is 4.98 Å². The van der Waals surface area contributed by atoms with E-state index in [1.54, 1.807) is 0 Å². The first-order valence-electron chi connectivity index (χ1n) is 7.57. The number of rotatable bonds is 1. The first kappa shape index (κ1) is 13.3. The molecule has 2 unspecified atom stereocenters. The van der Waals surface area contributed by atoms with E-state index in [-0.39, 0.29) is 0 Å². The summed E-state index contributed by atoms with van der Waals surface area (Å²) < 4.78 is 1.00. The van der Waals surface area contributed by atoms with Gasteiger partial charge in [0.05, 0.1) is 11.2 Å². The molecule has 2 aromatic rings. The third-order valence-corrected chi connectivity index (χ3v) is 5.16. The Morgan fingerprint density at radius 2 is 1.95 bits per heavy atom. The van der Waals surface area contributed by atoms with E-state index in [4.69, 9.17) is 0 Å². The molecule has 2 aliphatic heterocycles. The number of hydrogen-bond donors (Lipinski definition) is 0. The highest BCUT2D eigenvalue weighted by atomic mass is 79.9. The van der Waals surface area contributed by atoms with Crippen LogP contribution in [0.1, 0.15) is 32.1 Å². The zero-order chi connectivity index (χ0) is 14.4. The van der Waals surface area contributed by atoms with Gasteiger partial charge in [-0.1, -0.05) is 12.1 Å². The van der Waals surface area contributed by atoms with Crippen molar-refractivity contribution in [3.63, 3.8) is 0 Å². The Kier molecular flexibility index (Phi) is 3.21. The lowest BCUT2D eigenvalue weighted by atomic mass is 9.83. The number of pyridine rings is 1. The SMILES string of the molecule is O=C1CC2CCCC(C1)N2c1cccc2cc(Br)cnc12. The summed E-state index contributed by atoms with van der Waals surface area (Å²) in [5, 5.41) is 1.15. The summed E-state index contributed by atoms with van der Waals surface area (Å²) in [6, 6.07) is 9.18. The van der Waals surface area contributed by atoms with Crippen LogP contribution in [0.3, 0.4) is 0 Å². The number of nitrogens with zero attached hydrogens (tertiary/aromatic N) is 2. The monoisotopic (exact) mass is 344 g/mol. The molecule has 0 radical (unpaired) electrons. The highest BCUT2D eigenvalue weighted by molar-refractivity contribution is 9.10. The van der Waals surface area contributed by atoms with Crippen molar-refractivity contribution >= 4 is 38.3 Å². The van der Waals surface area contributed by atoms with Crippen LogP contribution in [0.5, 0.6) is 0 Å². The van der Waals surface area contributed by atoms with Crippen LogP contribution in [-0.2, 0) is 4.79 Å². The van der Waals surface area contributed by atoms with Crippen LogP contribution in [0.2, 0.25) is 0 Å². The van der Waals surface area contributed by atoms with Crippen LogP contribution in [0.25, 0.3) is 10.9 Å². The van der Waals surface area contributed by atoms with E-state index >= 15 is 0 Å². The highest BCUT2D eigenvalue weighted by Gasteiger charge is 2.38. The molecule has 3 nitrogen and oxygen atoms in total. The maximum absolute atomic E-state index is 11.9. The van der Waals surface area contributed by atoms with Gasteiger partial charge in [-0.25, -0.2) is 0 Å². The van der Waals surface area contributed by atoms with Crippen LogP contribution in [0.15, 0.2) is 34.9 Å². The molecule has 2 saturated heterocycles. The Hall–Kier alpha value is -1.42. The van der Waals surface area contributed by atoms with Crippen LogP contribution >= 0.6 is 15.9 Å². The van der Waals surface area contributed by atoms with E-state index < -0.39 is 0 Å². The number of ketones is 1. The molecule has 2 fully saturated rings. The van der Waals surface area contributed by atoms with Gasteiger partial charge in [-0.15, -0.1) is 0 Å². The van der Waals surface area contributed by atoms with Gasteiger partial charge in [0.1, 0.15) is 5.78 Å². The normalized spacial score (nSPS) is 25.4. The molecule has 4 heteroatoms. The average molecular weight is 345 g/mol. The van der Waals surface area contributed by atoms with Gasteiger partial charge in [0.15, 0.2) is 0 Å². The van der Waals surface area contributed by atoms with E-state index in [0.717, 1.165) is 28.2 Å². The van der Waals surface area contributed by atoms with Gasteiger partial charge in [-0.3, -0.25) is 9.78 Å². The average Bonchev–Trinajstić information content (AvgIpc) is 2.45. The minimum Gasteiger partial charge on any atom is -0.363 e. The molecule has 0 spiro atoms. The van der Waals surface area contributed by atoms with Gasteiger partial charge in [0.2, 0.25) is 0 Å². The van der Waals surface area contributed by atoms with Crippen LogP contribution in [-0.4, -0.2) is 22.9 Å². The van der Waals surface area contributed by atoms with Crippen molar-refractivity contribution in [3.05, 3.63) is 34.9 Å². The van der Waals surface area contributed by atoms with E-state index in [1.165, 1.54) is 12.1 Å². The molecule has 0 amide bonds. The smallest absolute Gasteiger partial charge is 0.137 e. The highest BCUT2D eigenvalue weighted by Crippen LogP contribution is 2.39. The van der Waals surface area contributed by atoms with E-state index in [0.29, 0.717) is 30.7 Å². The molecule has 0 saturated carbocycles. The van der Waals surface area contributed by atoms with Crippen molar-refractivity contribution in [2.75, 3.05) is 4.90 Å². The molecule has 108 valence electrons. The van der Waals surface area contributed by atoms with Crippen LogP contribution in [0.4, 0.5) is 5.69 Å². The molecule has 0 aliphatic carbocycles. The fourth-order valence-electron chi connectivity index (χ4n) is 3.89. The molecule has 0 N–H and O–H groups in total. The Bertz CT molecular complexity index is 699. The zero-order valence-corrected chi connectivity index (χ0v) is 13.3. The molecular formula is C17H17BrN2O. The molecule has 1 aromatic heterocycles. The number of halogens is 1. The summed E-state index contributed by atoms with van der Waals surface area (Å²) >= 11 is 3.49. The minimum absolute atomic E-state index is 0.362. The Balaban J connectivity index is 1.84. The maximum atomic E-state index is 11.9. The fourth-order valence-corrected chi connectivity index (χ4v) is 4.24. The fraction of sp³-hybridized carbons (Fsp3) is 0.412. The topological polar surface area (TPSA) is 33.2 Å². The summed E-state index contributed by atoms with van der Waals surface area (Å²) in [6.07, 6.45) is 6.73. The number of carbonyl (C=O) groups is 1.